The zero-order valence-corrected chi connectivity index (χ0v) is 15.2. The summed E-state index contributed by atoms with van der Waals surface area (Å²) in [5.74, 6) is -0.138. The van der Waals surface area contributed by atoms with Crippen LogP contribution >= 0.6 is 0 Å². The van der Waals surface area contributed by atoms with Crippen LogP contribution in [0, 0.1) is 6.92 Å². The molecule has 0 bridgehead atoms. The highest BCUT2D eigenvalue weighted by Gasteiger charge is 2.31. The van der Waals surface area contributed by atoms with E-state index in [4.69, 9.17) is 0 Å². The summed E-state index contributed by atoms with van der Waals surface area (Å²) in [7, 11) is 5.34. The van der Waals surface area contributed by atoms with Gasteiger partial charge in [0.05, 0.1) is 7.05 Å². The summed E-state index contributed by atoms with van der Waals surface area (Å²) in [5, 5.41) is 2.89. The van der Waals surface area contributed by atoms with E-state index in [-0.39, 0.29) is 18.4 Å². The maximum Gasteiger partial charge on any atom is 0.285 e. The van der Waals surface area contributed by atoms with Gasteiger partial charge < -0.3 is 15.1 Å². The zero-order valence-electron chi connectivity index (χ0n) is 15.2. The lowest BCUT2D eigenvalue weighted by Crippen LogP contribution is -3.11. The Morgan fingerprint density at radius 2 is 1.64 bits per heavy atom. The second-order valence-corrected chi connectivity index (χ2v) is 6.51. The Bertz CT molecular complexity index is 711. The topological polar surface area (TPSA) is 53.9 Å². The number of rotatable bonds is 6. The van der Waals surface area contributed by atoms with Crippen LogP contribution in [0.3, 0.4) is 0 Å². The average molecular weight is 340 g/mol. The molecular formula is C20H26N3O2+. The third-order valence-electron chi connectivity index (χ3n) is 4.09. The quantitative estimate of drug-likeness (QED) is 0.832. The Balaban J connectivity index is 2.10. The predicted molar refractivity (Wildman–Crippen MR) is 99.4 cm³/mol. The summed E-state index contributed by atoms with van der Waals surface area (Å²) in [4.78, 5) is 27.4. The molecule has 0 fully saturated rings. The van der Waals surface area contributed by atoms with Gasteiger partial charge in [0.15, 0.2) is 12.6 Å². The smallest absolute Gasteiger partial charge is 0.285 e. The number of nitrogens with zero attached hydrogens (tertiary/aromatic N) is 1. The third kappa shape index (κ3) is 5.16. The normalized spacial score (nSPS) is 13.0. The van der Waals surface area contributed by atoms with Crippen LogP contribution in [0.4, 0.5) is 5.69 Å². The van der Waals surface area contributed by atoms with E-state index in [1.54, 1.807) is 19.0 Å². The Morgan fingerprint density at radius 3 is 2.20 bits per heavy atom. The SMILES string of the molecule is Cc1ccc(NC(=O)C[NH+](C)[C@H](C(=O)N(C)C)c2ccccc2)cc1. The zero-order chi connectivity index (χ0) is 18.4. The summed E-state index contributed by atoms with van der Waals surface area (Å²) in [6, 6.07) is 16.8. The molecule has 5 heteroatoms. The van der Waals surface area contributed by atoms with E-state index in [1.807, 2.05) is 68.6 Å². The number of carbonyl (C=O) groups excluding carboxylic acids is 2. The number of quaternary nitrogens is 1. The number of amides is 2. The molecule has 0 aromatic heterocycles. The molecule has 0 radical (unpaired) electrons. The molecule has 2 rings (SSSR count). The van der Waals surface area contributed by atoms with Gasteiger partial charge in [-0.2, -0.15) is 0 Å². The van der Waals surface area contributed by atoms with Crippen molar-refractivity contribution in [3.63, 3.8) is 0 Å². The molecule has 0 aliphatic carbocycles. The van der Waals surface area contributed by atoms with Crippen molar-refractivity contribution in [1.82, 2.24) is 4.90 Å². The van der Waals surface area contributed by atoms with Crippen molar-refractivity contribution in [2.45, 2.75) is 13.0 Å². The molecule has 0 saturated carbocycles. The summed E-state index contributed by atoms with van der Waals surface area (Å²) in [6.45, 7) is 2.20. The van der Waals surface area contributed by atoms with Gasteiger partial charge in [-0.25, -0.2) is 0 Å². The molecule has 25 heavy (non-hydrogen) atoms. The van der Waals surface area contributed by atoms with Gasteiger partial charge in [0.1, 0.15) is 0 Å². The number of hydrogen-bond acceptors (Lipinski definition) is 2. The predicted octanol–water partition coefficient (Wildman–Crippen LogP) is 1.28. The van der Waals surface area contributed by atoms with Crippen molar-refractivity contribution in [2.75, 3.05) is 33.0 Å². The summed E-state index contributed by atoms with van der Waals surface area (Å²) >= 11 is 0. The maximum absolute atomic E-state index is 12.6. The van der Waals surface area contributed by atoms with Crippen LogP contribution in [0.25, 0.3) is 0 Å². The average Bonchev–Trinajstić information content (AvgIpc) is 2.58. The summed E-state index contributed by atoms with van der Waals surface area (Å²) in [5.41, 5.74) is 2.81. The molecule has 0 saturated heterocycles. The number of carbonyl (C=O) groups is 2. The van der Waals surface area contributed by atoms with Crippen molar-refractivity contribution in [3.05, 3.63) is 65.7 Å². The molecule has 0 aliphatic heterocycles. The van der Waals surface area contributed by atoms with Gasteiger partial charge >= 0.3 is 0 Å². The van der Waals surface area contributed by atoms with E-state index in [0.29, 0.717) is 0 Å². The number of hydrogen-bond donors (Lipinski definition) is 2. The first-order valence-corrected chi connectivity index (χ1v) is 8.33. The van der Waals surface area contributed by atoms with Crippen LogP contribution in [0.1, 0.15) is 17.2 Å². The molecule has 0 aliphatic rings. The summed E-state index contributed by atoms with van der Waals surface area (Å²) in [6.07, 6.45) is 0. The number of anilines is 1. The van der Waals surface area contributed by atoms with Crippen LogP contribution in [-0.2, 0) is 9.59 Å². The lowest BCUT2D eigenvalue weighted by atomic mass is 10.0. The van der Waals surface area contributed by atoms with Crippen LogP contribution < -0.4 is 10.2 Å². The molecule has 2 aromatic rings. The Kier molecular flexibility index (Phi) is 6.31. The first-order chi connectivity index (χ1) is 11.9. The van der Waals surface area contributed by atoms with Crippen molar-refractivity contribution in [3.8, 4) is 0 Å². The fraction of sp³-hybridized carbons (Fsp3) is 0.300. The number of benzene rings is 2. The second-order valence-electron chi connectivity index (χ2n) is 6.51. The molecule has 2 atom stereocenters. The van der Waals surface area contributed by atoms with Gasteiger partial charge in [0, 0.05) is 25.3 Å². The molecule has 1 unspecified atom stereocenters. The fourth-order valence-electron chi connectivity index (χ4n) is 2.74. The van der Waals surface area contributed by atoms with Gasteiger partial charge in [-0.1, -0.05) is 48.0 Å². The lowest BCUT2D eigenvalue weighted by Gasteiger charge is -2.26. The number of aryl methyl sites for hydroxylation is 1. The molecule has 2 N–H and O–H groups in total. The third-order valence-corrected chi connectivity index (χ3v) is 4.09. The summed E-state index contributed by atoms with van der Waals surface area (Å²) < 4.78 is 0. The largest absolute Gasteiger partial charge is 0.343 e. The maximum atomic E-state index is 12.6. The molecule has 0 spiro atoms. The van der Waals surface area contributed by atoms with E-state index in [1.165, 1.54) is 0 Å². The van der Waals surface area contributed by atoms with Crippen molar-refractivity contribution >= 4 is 17.5 Å². The minimum atomic E-state index is -0.417. The van der Waals surface area contributed by atoms with Crippen molar-refractivity contribution in [1.29, 1.82) is 0 Å². The van der Waals surface area contributed by atoms with Gasteiger partial charge in [0.25, 0.3) is 11.8 Å². The highest BCUT2D eigenvalue weighted by molar-refractivity contribution is 5.91. The molecular weight excluding hydrogens is 314 g/mol. The fourth-order valence-corrected chi connectivity index (χ4v) is 2.74. The van der Waals surface area contributed by atoms with Crippen LogP contribution in [0.5, 0.6) is 0 Å². The van der Waals surface area contributed by atoms with Crippen molar-refractivity contribution in [2.24, 2.45) is 0 Å². The van der Waals surface area contributed by atoms with E-state index in [9.17, 15) is 9.59 Å². The van der Waals surface area contributed by atoms with E-state index in [0.717, 1.165) is 21.7 Å². The Hall–Kier alpha value is -2.66. The molecule has 2 amide bonds. The van der Waals surface area contributed by atoms with Gasteiger partial charge in [0.2, 0.25) is 0 Å². The molecule has 132 valence electrons. The van der Waals surface area contributed by atoms with Crippen LogP contribution in [0.2, 0.25) is 0 Å². The lowest BCUT2D eigenvalue weighted by molar-refractivity contribution is -0.894. The second kappa shape index (κ2) is 8.44. The first kappa shape index (κ1) is 18.7. The van der Waals surface area contributed by atoms with Gasteiger partial charge in [-0.15, -0.1) is 0 Å². The Labute approximate surface area is 149 Å². The van der Waals surface area contributed by atoms with E-state index in [2.05, 4.69) is 5.32 Å². The van der Waals surface area contributed by atoms with Gasteiger partial charge in [-0.3, -0.25) is 9.59 Å². The van der Waals surface area contributed by atoms with Crippen molar-refractivity contribution < 1.29 is 14.5 Å². The Morgan fingerprint density at radius 1 is 1.04 bits per heavy atom. The highest BCUT2D eigenvalue weighted by atomic mass is 16.2. The minimum absolute atomic E-state index is 0.0214. The highest BCUT2D eigenvalue weighted by Crippen LogP contribution is 2.12. The standard InChI is InChI=1S/C20H25N3O2/c1-15-10-12-17(13-11-15)21-18(24)14-23(4)19(20(25)22(2)3)16-8-6-5-7-9-16/h5-13,19H,14H2,1-4H3,(H,21,24)/p+1/t19-/m0/s1. The number of likely N-dealkylation sites (N-methyl/N-ethyl adjacent to an activating group) is 2. The van der Waals surface area contributed by atoms with Crippen LogP contribution in [-0.4, -0.2) is 44.4 Å². The molecule has 0 heterocycles. The minimum Gasteiger partial charge on any atom is -0.343 e. The van der Waals surface area contributed by atoms with Gasteiger partial charge in [-0.05, 0) is 19.1 Å². The van der Waals surface area contributed by atoms with Crippen LogP contribution in [0.15, 0.2) is 54.6 Å². The molecule has 5 nitrogen and oxygen atoms in total. The molecule has 2 aromatic carbocycles. The monoisotopic (exact) mass is 340 g/mol. The van der Waals surface area contributed by atoms with E-state index < -0.39 is 6.04 Å². The first-order valence-electron chi connectivity index (χ1n) is 8.33. The number of nitrogens with one attached hydrogen (secondary N) is 2. The van der Waals surface area contributed by atoms with E-state index >= 15 is 0 Å².